The van der Waals surface area contributed by atoms with Gasteiger partial charge in [-0.05, 0) is 31.7 Å². The van der Waals surface area contributed by atoms with E-state index in [4.69, 9.17) is 0 Å². The highest BCUT2D eigenvalue weighted by Crippen LogP contribution is 2.24. The molecule has 0 saturated carbocycles. The summed E-state index contributed by atoms with van der Waals surface area (Å²) in [6, 6.07) is 0. The number of rotatable bonds is 4. The number of nitrogens with zero attached hydrogens (tertiary/aromatic N) is 1. The minimum atomic E-state index is 0.421. The largest absolute Gasteiger partial charge is 0.316 e. The Morgan fingerprint density at radius 3 is 3.12 bits per heavy atom. The Labute approximate surface area is 102 Å². The summed E-state index contributed by atoms with van der Waals surface area (Å²) in [5.41, 5.74) is 0.421. The van der Waals surface area contributed by atoms with Crippen LogP contribution in [0.2, 0.25) is 0 Å². The first kappa shape index (κ1) is 12.0. The Bertz CT molecular complexity index is 329. The molecular weight excluding hydrogens is 218 g/mol. The van der Waals surface area contributed by atoms with E-state index >= 15 is 0 Å². The second-order valence-corrected chi connectivity index (χ2v) is 6.38. The van der Waals surface area contributed by atoms with E-state index in [9.17, 15) is 0 Å². The molecule has 1 aromatic heterocycles. The molecule has 0 radical (unpaired) electrons. The predicted octanol–water partition coefficient (Wildman–Crippen LogP) is 1.93. The summed E-state index contributed by atoms with van der Waals surface area (Å²) in [6.45, 7) is 8.78. The van der Waals surface area contributed by atoms with E-state index in [1.807, 2.05) is 6.20 Å². The zero-order valence-electron chi connectivity index (χ0n) is 10.2. The molecule has 90 valence electrons. The van der Waals surface area contributed by atoms with Gasteiger partial charge in [-0.3, -0.25) is 0 Å². The predicted molar refractivity (Wildman–Crippen MR) is 68.8 cm³/mol. The Morgan fingerprint density at radius 1 is 1.62 bits per heavy atom. The van der Waals surface area contributed by atoms with Crippen LogP contribution in [0.4, 0.5) is 0 Å². The molecule has 4 heteroatoms. The fourth-order valence-corrected chi connectivity index (χ4v) is 2.98. The Hall–Kier alpha value is -0.450. The van der Waals surface area contributed by atoms with Crippen molar-refractivity contribution in [1.82, 2.24) is 15.6 Å². The summed E-state index contributed by atoms with van der Waals surface area (Å²) in [5.74, 6) is 0. The van der Waals surface area contributed by atoms with Crippen LogP contribution in [-0.4, -0.2) is 24.6 Å². The fraction of sp³-hybridized carbons (Fsp3) is 0.750. The molecule has 2 heterocycles. The summed E-state index contributed by atoms with van der Waals surface area (Å²) in [5, 5.41) is 8.21. The molecule has 0 bridgehead atoms. The quantitative estimate of drug-likeness (QED) is 0.843. The van der Waals surface area contributed by atoms with Crippen molar-refractivity contribution in [1.29, 1.82) is 0 Å². The minimum Gasteiger partial charge on any atom is -0.316 e. The number of aromatic nitrogens is 1. The van der Waals surface area contributed by atoms with Crippen LogP contribution in [0, 0.1) is 12.3 Å². The molecule has 2 N–H and O–H groups in total. The zero-order valence-corrected chi connectivity index (χ0v) is 11.0. The van der Waals surface area contributed by atoms with Crippen molar-refractivity contribution in [3.8, 4) is 0 Å². The normalized spacial score (nSPS) is 25.9. The summed E-state index contributed by atoms with van der Waals surface area (Å²) >= 11 is 1.78. The van der Waals surface area contributed by atoms with E-state index in [1.54, 1.807) is 11.3 Å². The second-order valence-electron chi connectivity index (χ2n) is 5.06. The molecule has 0 aliphatic carbocycles. The summed E-state index contributed by atoms with van der Waals surface area (Å²) in [6.07, 6.45) is 4.57. The van der Waals surface area contributed by atoms with Gasteiger partial charge in [0.2, 0.25) is 0 Å². The van der Waals surface area contributed by atoms with Crippen molar-refractivity contribution in [2.75, 3.05) is 19.6 Å². The van der Waals surface area contributed by atoms with Crippen molar-refractivity contribution >= 4 is 11.3 Å². The highest BCUT2D eigenvalue weighted by molar-refractivity contribution is 7.11. The van der Waals surface area contributed by atoms with Gasteiger partial charge in [-0.15, -0.1) is 11.3 Å². The molecule has 16 heavy (non-hydrogen) atoms. The lowest BCUT2D eigenvalue weighted by atomic mass is 9.83. The van der Waals surface area contributed by atoms with Crippen molar-refractivity contribution in [2.45, 2.75) is 33.2 Å². The zero-order chi connectivity index (χ0) is 11.4. The Balaban J connectivity index is 1.74. The SMILES string of the molecule is Cc1cnc(CNCC2(C)CCCNC2)s1. The van der Waals surface area contributed by atoms with Crippen LogP contribution in [0.25, 0.3) is 0 Å². The first-order chi connectivity index (χ1) is 7.68. The molecule has 1 unspecified atom stereocenters. The summed E-state index contributed by atoms with van der Waals surface area (Å²) in [4.78, 5) is 5.66. The lowest BCUT2D eigenvalue weighted by molar-refractivity contribution is 0.226. The van der Waals surface area contributed by atoms with Crippen molar-refractivity contribution in [3.63, 3.8) is 0 Å². The third-order valence-corrected chi connectivity index (χ3v) is 4.10. The molecule has 1 aromatic rings. The van der Waals surface area contributed by atoms with Crippen LogP contribution < -0.4 is 10.6 Å². The lowest BCUT2D eigenvalue weighted by Crippen LogP contribution is -2.44. The number of nitrogens with one attached hydrogen (secondary N) is 2. The highest BCUT2D eigenvalue weighted by atomic mass is 32.1. The summed E-state index contributed by atoms with van der Waals surface area (Å²) in [7, 11) is 0. The average molecular weight is 239 g/mol. The monoisotopic (exact) mass is 239 g/mol. The summed E-state index contributed by atoms with van der Waals surface area (Å²) < 4.78 is 0. The first-order valence-electron chi connectivity index (χ1n) is 6.01. The van der Waals surface area contributed by atoms with E-state index in [0.717, 1.165) is 19.6 Å². The van der Waals surface area contributed by atoms with Gasteiger partial charge in [0.05, 0.1) is 0 Å². The van der Waals surface area contributed by atoms with Gasteiger partial charge in [-0.25, -0.2) is 4.98 Å². The molecule has 0 spiro atoms. The molecule has 1 atom stereocenters. The van der Waals surface area contributed by atoms with Crippen molar-refractivity contribution in [3.05, 3.63) is 16.1 Å². The van der Waals surface area contributed by atoms with Gasteiger partial charge in [0.1, 0.15) is 5.01 Å². The van der Waals surface area contributed by atoms with Gasteiger partial charge in [0.25, 0.3) is 0 Å². The van der Waals surface area contributed by atoms with Crippen molar-refractivity contribution in [2.24, 2.45) is 5.41 Å². The number of piperidine rings is 1. The second kappa shape index (κ2) is 5.25. The van der Waals surface area contributed by atoms with E-state index in [2.05, 4.69) is 29.5 Å². The van der Waals surface area contributed by atoms with Crippen LogP contribution in [0.3, 0.4) is 0 Å². The molecule has 1 aliphatic rings. The third-order valence-electron chi connectivity index (χ3n) is 3.18. The molecule has 1 aliphatic heterocycles. The van der Waals surface area contributed by atoms with Crippen LogP contribution in [0.1, 0.15) is 29.7 Å². The number of thiazole rings is 1. The van der Waals surface area contributed by atoms with E-state index in [-0.39, 0.29) is 0 Å². The third kappa shape index (κ3) is 3.27. The highest BCUT2D eigenvalue weighted by Gasteiger charge is 2.25. The first-order valence-corrected chi connectivity index (χ1v) is 6.82. The van der Waals surface area contributed by atoms with Crippen LogP contribution in [0.15, 0.2) is 6.20 Å². The van der Waals surface area contributed by atoms with Crippen LogP contribution >= 0.6 is 11.3 Å². The smallest absolute Gasteiger partial charge is 0.107 e. The average Bonchev–Trinajstić information content (AvgIpc) is 2.65. The molecule has 0 aromatic carbocycles. The molecule has 2 rings (SSSR count). The van der Waals surface area contributed by atoms with E-state index < -0.39 is 0 Å². The maximum atomic E-state index is 4.36. The maximum Gasteiger partial charge on any atom is 0.107 e. The molecule has 3 nitrogen and oxygen atoms in total. The van der Waals surface area contributed by atoms with Crippen LogP contribution in [-0.2, 0) is 6.54 Å². The van der Waals surface area contributed by atoms with Crippen molar-refractivity contribution < 1.29 is 0 Å². The Kier molecular flexibility index (Phi) is 3.95. The van der Waals surface area contributed by atoms with Gasteiger partial charge in [0.15, 0.2) is 0 Å². The van der Waals surface area contributed by atoms with E-state index in [1.165, 1.54) is 29.3 Å². The van der Waals surface area contributed by atoms with Crippen LogP contribution in [0.5, 0.6) is 0 Å². The van der Waals surface area contributed by atoms with Gasteiger partial charge >= 0.3 is 0 Å². The van der Waals surface area contributed by atoms with Gasteiger partial charge in [-0.1, -0.05) is 6.92 Å². The molecule has 0 amide bonds. The van der Waals surface area contributed by atoms with E-state index in [0.29, 0.717) is 5.41 Å². The fourth-order valence-electron chi connectivity index (χ4n) is 2.22. The molecular formula is C12H21N3S. The topological polar surface area (TPSA) is 37.0 Å². The standard InChI is InChI=1S/C12H21N3S/c1-10-6-15-11(16-10)7-14-9-12(2)4-3-5-13-8-12/h6,13-14H,3-5,7-9H2,1-2H3. The lowest BCUT2D eigenvalue weighted by Gasteiger charge is -2.34. The van der Waals surface area contributed by atoms with Gasteiger partial charge in [0, 0.05) is 30.7 Å². The molecule has 1 fully saturated rings. The van der Waals surface area contributed by atoms with Gasteiger partial charge < -0.3 is 10.6 Å². The number of aryl methyl sites for hydroxylation is 1. The maximum absolute atomic E-state index is 4.36. The van der Waals surface area contributed by atoms with Gasteiger partial charge in [-0.2, -0.15) is 0 Å². The number of hydrogen-bond donors (Lipinski definition) is 2. The molecule has 1 saturated heterocycles. The minimum absolute atomic E-state index is 0.421. The Morgan fingerprint density at radius 2 is 2.50 bits per heavy atom. The number of hydrogen-bond acceptors (Lipinski definition) is 4.